The van der Waals surface area contributed by atoms with Gasteiger partial charge in [-0.3, -0.25) is 9.78 Å². The zero-order valence-electron chi connectivity index (χ0n) is 11.2. The highest BCUT2D eigenvalue weighted by molar-refractivity contribution is 5.78. The SMILES string of the molecule is CCOCC(=O)N1CC[C@@H](O)[C@@H]1Cc1ccncc1. The van der Waals surface area contributed by atoms with Gasteiger partial charge in [-0.05, 0) is 37.5 Å². The molecule has 2 rings (SSSR count). The third-order valence-electron chi connectivity index (χ3n) is 3.45. The second-order valence-electron chi connectivity index (χ2n) is 4.71. The Balaban J connectivity index is 2.01. The number of rotatable bonds is 5. The van der Waals surface area contributed by atoms with Gasteiger partial charge in [0.25, 0.3) is 0 Å². The summed E-state index contributed by atoms with van der Waals surface area (Å²) in [6, 6.07) is 3.67. The molecule has 1 aromatic heterocycles. The third-order valence-corrected chi connectivity index (χ3v) is 3.45. The van der Waals surface area contributed by atoms with E-state index in [9.17, 15) is 9.90 Å². The Morgan fingerprint density at radius 3 is 2.95 bits per heavy atom. The van der Waals surface area contributed by atoms with Crippen molar-refractivity contribution in [1.29, 1.82) is 0 Å². The second kappa shape index (κ2) is 6.63. The summed E-state index contributed by atoms with van der Waals surface area (Å²) >= 11 is 0. The smallest absolute Gasteiger partial charge is 0.248 e. The summed E-state index contributed by atoms with van der Waals surface area (Å²) in [4.78, 5) is 17.7. The largest absolute Gasteiger partial charge is 0.391 e. The summed E-state index contributed by atoms with van der Waals surface area (Å²) in [6.07, 6.45) is 4.28. The van der Waals surface area contributed by atoms with Crippen LogP contribution in [0.1, 0.15) is 18.9 Å². The highest BCUT2D eigenvalue weighted by Gasteiger charge is 2.35. The summed E-state index contributed by atoms with van der Waals surface area (Å²) in [5, 5.41) is 10.0. The minimum absolute atomic E-state index is 0.0440. The number of nitrogens with zero attached hydrogens (tertiary/aromatic N) is 2. The number of aromatic nitrogens is 1. The van der Waals surface area contributed by atoms with E-state index in [1.165, 1.54) is 0 Å². The fourth-order valence-electron chi connectivity index (χ4n) is 2.43. The molecule has 1 N–H and O–H groups in total. The van der Waals surface area contributed by atoms with Crippen molar-refractivity contribution in [2.75, 3.05) is 19.8 Å². The van der Waals surface area contributed by atoms with Crippen LogP contribution >= 0.6 is 0 Å². The van der Waals surface area contributed by atoms with E-state index in [2.05, 4.69) is 4.98 Å². The van der Waals surface area contributed by atoms with Crippen LogP contribution in [0.15, 0.2) is 24.5 Å². The van der Waals surface area contributed by atoms with Gasteiger partial charge in [-0.15, -0.1) is 0 Å². The van der Waals surface area contributed by atoms with Crippen LogP contribution in [0.25, 0.3) is 0 Å². The van der Waals surface area contributed by atoms with Crippen molar-refractivity contribution in [2.45, 2.75) is 31.9 Å². The molecule has 0 aromatic carbocycles. The van der Waals surface area contributed by atoms with E-state index in [4.69, 9.17) is 4.74 Å². The molecular formula is C14H20N2O3. The van der Waals surface area contributed by atoms with Gasteiger partial charge in [0.15, 0.2) is 0 Å². The molecule has 104 valence electrons. The first kappa shape index (κ1) is 14.0. The monoisotopic (exact) mass is 264 g/mol. The van der Waals surface area contributed by atoms with Crippen LogP contribution in [-0.4, -0.2) is 52.8 Å². The van der Waals surface area contributed by atoms with E-state index in [1.54, 1.807) is 17.3 Å². The Labute approximate surface area is 113 Å². The number of likely N-dealkylation sites (tertiary alicyclic amines) is 1. The van der Waals surface area contributed by atoms with Gasteiger partial charge < -0.3 is 14.7 Å². The molecular weight excluding hydrogens is 244 g/mol. The molecule has 1 aliphatic heterocycles. The summed E-state index contributed by atoms with van der Waals surface area (Å²) in [7, 11) is 0. The van der Waals surface area contributed by atoms with Crippen LogP contribution in [0.2, 0.25) is 0 Å². The van der Waals surface area contributed by atoms with Crippen LogP contribution in [-0.2, 0) is 16.0 Å². The Kier molecular flexibility index (Phi) is 4.87. The van der Waals surface area contributed by atoms with Crippen molar-refractivity contribution < 1.29 is 14.6 Å². The maximum Gasteiger partial charge on any atom is 0.248 e. The molecule has 0 spiro atoms. The third kappa shape index (κ3) is 3.52. The van der Waals surface area contributed by atoms with Crippen LogP contribution in [0, 0.1) is 0 Å². The van der Waals surface area contributed by atoms with Crippen LogP contribution in [0.3, 0.4) is 0 Å². The first-order valence-electron chi connectivity index (χ1n) is 6.66. The molecule has 1 saturated heterocycles. The molecule has 19 heavy (non-hydrogen) atoms. The normalized spacial score (nSPS) is 22.7. The molecule has 0 bridgehead atoms. The Bertz CT molecular complexity index is 410. The highest BCUT2D eigenvalue weighted by atomic mass is 16.5. The minimum atomic E-state index is -0.459. The maximum absolute atomic E-state index is 12.0. The van der Waals surface area contributed by atoms with Crippen molar-refractivity contribution in [2.24, 2.45) is 0 Å². The second-order valence-corrected chi connectivity index (χ2v) is 4.71. The standard InChI is InChI=1S/C14H20N2O3/c1-2-19-10-14(18)16-8-5-13(17)12(16)9-11-3-6-15-7-4-11/h3-4,6-7,12-13,17H,2,5,8-10H2,1H3/t12-,13+/m0/s1. The number of pyridine rings is 1. The summed E-state index contributed by atoms with van der Waals surface area (Å²) in [5.74, 6) is -0.0440. The lowest BCUT2D eigenvalue weighted by molar-refractivity contribution is -0.137. The number of aliphatic hydroxyl groups is 1. The molecule has 0 saturated carbocycles. The first-order chi connectivity index (χ1) is 9.22. The summed E-state index contributed by atoms with van der Waals surface area (Å²) in [6.45, 7) is 3.08. The first-order valence-corrected chi connectivity index (χ1v) is 6.66. The van der Waals surface area contributed by atoms with Gasteiger partial charge in [-0.2, -0.15) is 0 Å². The molecule has 0 unspecified atom stereocenters. The molecule has 2 atom stereocenters. The topological polar surface area (TPSA) is 62.7 Å². The molecule has 0 radical (unpaired) electrons. The Morgan fingerprint density at radius 1 is 1.53 bits per heavy atom. The van der Waals surface area contributed by atoms with Crippen LogP contribution in [0.4, 0.5) is 0 Å². The van der Waals surface area contributed by atoms with Gasteiger partial charge in [0.05, 0.1) is 12.1 Å². The summed E-state index contributed by atoms with van der Waals surface area (Å²) < 4.78 is 5.16. The van der Waals surface area contributed by atoms with Crippen molar-refractivity contribution in [3.63, 3.8) is 0 Å². The average Bonchev–Trinajstić information content (AvgIpc) is 2.79. The maximum atomic E-state index is 12.0. The van der Waals surface area contributed by atoms with E-state index >= 15 is 0 Å². The van der Waals surface area contributed by atoms with Crippen LogP contribution in [0.5, 0.6) is 0 Å². The van der Waals surface area contributed by atoms with Gasteiger partial charge in [0.1, 0.15) is 6.61 Å². The lowest BCUT2D eigenvalue weighted by atomic mass is 10.0. The van der Waals surface area contributed by atoms with Crippen molar-refractivity contribution in [3.8, 4) is 0 Å². The molecule has 1 amide bonds. The number of carbonyl (C=O) groups excluding carboxylic acids is 1. The van der Waals surface area contributed by atoms with Gasteiger partial charge in [-0.25, -0.2) is 0 Å². The van der Waals surface area contributed by atoms with E-state index < -0.39 is 6.10 Å². The van der Waals surface area contributed by atoms with Crippen molar-refractivity contribution in [1.82, 2.24) is 9.88 Å². The molecule has 1 aromatic rings. The Hall–Kier alpha value is -1.46. The lowest BCUT2D eigenvalue weighted by Gasteiger charge is -2.26. The summed E-state index contributed by atoms with van der Waals surface area (Å²) in [5.41, 5.74) is 1.08. The van der Waals surface area contributed by atoms with Gasteiger partial charge >= 0.3 is 0 Å². The highest BCUT2D eigenvalue weighted by Crippen LogP contribution is 2.21. The van der Waals surface area contributed by atoms with Gasteiger partial charge in [-0.1, -0.05) is 0 Å². The fraction of sp³-hybridized carbons (Fsp3) is 0.571. The zero-order valence-corrected chi connectivity index (χ0v) is 11.2. The van der Waals surface area contributed by atoms with Crippen LogP contribution < -0.4 is 0 Å². The quantitative estimate of drug-likeness (QED) is 0.847. The minimum Gasteiger partial charge on any atom is -0.391 e. The molecule has 5 heteroatoms. The fourth-order valence-corrected chi connectivity index (χ4v) is 2.43. The van der Waals surface area contributed by atoms with E-state index in [1.807, 2.05) is 19.1 Å². The molecule has 1 aliphatic rings. The Morgan fingerprint density at radius 2 is 2.26 bits per heavy atom. The van der Waals surface area contributed by atoms with E-state index in [0.717, 1.165) is 5.56 Å². The number of amides is 1. The molecule has 1 fully saturated rings. The van der Waals surface area contributed by atoms with Gasteiger partial charge in [0.2, 0.25) is 5.91 Å². The number of hydrogen-bond acceptors (Lipinski definition) is 4. The van der Waals surface area contributed by atoms with Crippen molar-refractivity contribution >= 4 is 5.91 Å². The average molecular weight is 264 g/mol. The number of hydrogen-bond donors (Lipinski definition) is 1. The predicted octanol–water partition coefficient (Wildman–Crippen LogP) is 0.622. The molecule has 0 aliphatic carbocycles. The number of carbonyl (C=O) groups is 1. The number of ether oxygens (including phenoxy) is 1. The molecule has 2 heterocycles. The van der Waals surface area contributed by atoms with E-state index in [0.29, 0.717) is 26.0 Å². The number of aliphatic hydroxyl groups excluding tert-OH is 1. The molecule has 5 nitrogen and oxygen atoms in total. The van der Waals surface area contributed by atoms with E-state index in [-0.39, 0.29) is 18.6 Å². The van der Waals surface area contributed by atoms with Crippen molar-refractivity contribution in [3.05, 3.63) is 30.1 Å². The van der Waals surface area contributed by atoms with Gasteiger partial charge in [0, 0.05) is 25.5 Å². The lowest BCUT2D eigenvalue weighted by Crippen LogP contribution is -2.42. The predicted molar refractivity (Wildman–Crippen MR) is 70.6 cm³/mol. The zero-order chi connectivity index (χ0) is 13.7.